The number of nitro benzene ring substituents is 1. The van der Waals surface area contributed by atoms with Gasteiger partial charge in [-0.3, -0.25) is 10.1 Å². The third-order valence-corrected chi connectivity index (χ3v) is 4.89. The maximum absolute atomic E-state index is 11.7. The second kappa shape index (κ2) is 5.70. The molecule has 0 amide bonds. The molecule has 4 aromatic rings. The number of nitro groups is 1. The number of benzene rings is 3. The van der Waals surface area contributed by atoms with Gasteiger partial charge in [0.25, 0.3) is 5.69 Å². The van der Waals surface area contributed by atoms with Crippen LogP contribution in [0.3, 0.4) is 0 Å². The minimum Gasteiger partial charge on any atom is -0.354 e. The van der Waals surface area contributed by atoms with E-state index in [1.165, 1.54) is 0 Å². The molecule has 3 aromatic carbocycles. The minimum atomic E-state index is -0.302. The number of fused-ring (bicyclic) bond motifs is 3. The molecule has 0 saturated carbocycles. The van der Waals surface area contributed by atoms with Crippen molar-refractivity contribution in [2.45, 2.75) is 26.2 Å². The molecule has 1 N–H and O–H groups in total. The Labute approximate surface area is 151 Å². The topological polar surface area (TPSA) is 58.9 Å². The molecular formula is C22H20N2O2. The van der Waals surface area contributed by atoms with E-state index in [1.54, 1.807) is 6.07 Å². The van der Waals surface area contributed by atoms with E-state index in [0.29, 0.717) is 5.56 Å². The number of hydrogen-bond acceptors (Lipinski definition) is 2. The second-order valence-electron chi connectivity index (χ2n) is 7.64. The van der Waals surface area contributed by atoms with Gasteiger partial charge in [0.15, 0.2) is 0 Å². The summed E-state index contributed by atoms with van der Waals surface area (Å²) in [4.78, 5) is 14.8. The molecule has 0 radical (unpaired) electrons. The van der Waals surface area contributed by atoms with Crippen molar-refractivity contribution in [3.8, 4) is 11.1 Å². The van der Waals surface area contributed by atoms with E-state index >= 15 is 0 Å². The Bertz CT molecular complexity index is 1150. The highest BCUT2D eigenvalue weighted by atomic mass is 16.6. The van der Waals surface area contributed by atoms with Crippen molar-refractivity contribution in [1.29, 1.82) is 0 Å². The quantitative estimate of drug-likeness (QED) is 0.348. The molecule has 1 heterocycles. The van der Waals surface area contributed by atoms with Crippen molar-refractivity contribution in [1.82, 2.24) is 4.98 Å². The van der Waals surface area contributed by atoms with E-state index in [9.17, 15) is 10.1 Å². The lowest BCUT2D eigenvalue weighted by molar-refractivity contribution is -0.384. The zero-order chi connectivity index (χ0) is 18.5. The fraction of sp³-hybridized carbons (Fsp3) is 0.182. The maximum atomic E-state index is 11.7. The van der Waals surface area contributed by atoms with E-state index in [1.807, 2.05) is 42.5 Å². The molecule has 130 valence electrons. The summed E-state index contributed by atoms with van der Waals surface area (Å²) < 4.78 is 0. The summed E-state index contributed by atoms with van der Waals surface area (Å²) in [6, 6.07) is 19.5. The van der Waals surface area contributed by atoms with Crippen LogP contribution in [0.25, 0.3) is 32.9 Å². The van der Waals surface area contributed by atoms with Crippen molar-refractivity contribution in [2.75, 3.05) is 0 Å². The van der Waals surface area contributed by atoms with Crippen LogP contribution >= 0.6 is 0 Å². The summed E-state index contributed by atoms with van der Waals surface area (Å²) in [7, 11) is 0. The molecular weight excluding hydrogens is 324 g/mol. The van der Waals surface area contributed by atoms with Crippen LogP contribution < -0.4 is 0 Å². The lowest BCUT2D eigenvalue weighted by Gasteiger charge is -2.20. The first-order valence-electron chi connectivity index (χ1n) is 8.65. The third kappa shape index (κ3) is 2.54. The van der Waals surface area contributed by atoms with Crippen LogP contribution in [0.1, 0.15) is 26.3 Å². The fourth-order valence-electron chi connectivity index (χ4n) is 3.48. The molecule has 0 spiro atoms. The molecule has 4 nitrogen and oxygen atoms in total. The predicted molar refractivity (Wildman–Crippen MR) is 107 cm³/mol. The number of hydrogen-bond donors (Lipinski definition) is 1. The Balaban J connectivity index is 2.07. The Morgan fingerprint density at radius 3 is 2.35 bits per heavy atom. The van der Waals surface area contributed by atoms with E-state index in [4.69, 9.17) is 0 Å². The monoisotopic (exact) mass is 344 g/mol. The zero-order valence-corrected chi connectivity index (χ0v) is 15.0. The summed E-state index contributed by atoms with van der Waals surface area (Å²) in [5, 5.41) is 13.9. The number of rotatable bonds is 2. The van der Waals surface area contributed by atoms with Crippen molar-refractivity contribution >= 4 is 27.5 Å². The molecule has 0 bridgehead atoms. The van der Waals surface area contributed by atoms with Gasteiger partial charge in [0, 0.05) is 27.9 Å². The smallest absolute Gasteiger partial charge is 0.277 e. The van der Waals surface area contributed by atoms with Gasteiger partial charge in [-0.2, -0.15) is 0 Å². The van der Waals surface area contributed by atoms with Gasteiger partial charge in [0.1, 0.15) is 0 Å². The summed E-state index contributed by atoms with van der Waals surface area (Å²) >= 11 is 0. The van der Waals surface area contributed by atoms with Gasteiger partial charge >= 0.3 is 0 Å². The molecule has 4 heteroatoms. The zero-order valence-electron chi connectivity index (χ0n) is 15.0. The number of nitrogens with zero attached hydrogens (tertiary/aromatic N) is 1. The second-order valence-corrected chi connectivity index (χ2v) is 7.64. The van der Waals surface area contributed by atoms with Gasteiger partial charge in [-0.15, -0.1) is 0 Å². The standard InChI is InChI=1S/C22H20N2O2/c1-22(2,3)14-11-12-20(24(25)26)18(13-14)17-9-6-8-16-15-7-4-5-10-19(15)23-21(16)17/h4-13,23H,1-3H3. The number of aromatic amines is 1. The molecule has 1 aromatic heterocycles. The molecule has 0 fully saturated rings. The summed E-state index contributed by atoms with van der Waals surface area (Å²) in [6.07, 6.45) is 0. The van der Waals surface area contributed by atoms with Crippen molar-refractivity contribution in [3.05, 3.63) is 76.3 Å². The van der Waals surface area contributed by atoms with Gasteiger partial charge in [0.05, 0.1) is 16.0 Å². The maximum Gasteiger partial charge on any atom is 0.277 e. The Morgan fingerprint density at radius 1 is 0.885 bits per heavy atom. The number of nitrogens with one attached hydrogen (secondary N) is 1. The first-order chi connectivity index (χ1) is 12.4. The molecule has 0 aliphatic rings. The lowest BCUT2D eigenvalue weighted by Crippen LogP contribution is -2.11. The summed E-state index contributed by atoms with van der Waals surface area (Å²) in [5.41, 5.74) is 4.59. The van der Waals surface area contributed by atoms with Crippen LogP contribution in [0, 0.1) is 10.1 Å². The molecule has 0 saturated heterocycles. The fourth-order valence-corrected chi connectivity index (χ4v) is 3.48. The molecule has 0 unspecified atom stereocenters. The van der Waals surface area contributed by atoms with Crippen LogP contribution in [-0.2, 0) is 5.41 Å². The molecule has 26 heavy (non-hydrogen) atoms. The van der Waals surface area contributed by atoms with E-state index in [-0.39, 0.29) is 16.0 Å². The van der Waals surface area contributed by atoms with Crippen molar-refractivity contribution in [3.63, 3.8) is 0 Å². The molecule has 4 rings (SSSR count). The average molecular weight is 344 g/mol. The van der Waals surface area contributed by atoms with Crippen LogP contribution in [0.4, 0.5) is 5.69 Å². The highest BCUT2D eigenvalue weighted by molar-refractivity contribution is 6.12. The van der Waals surface area contributed by atoms with Gasteiger partial charge in [-0.25, -0.2) is 0 Å². The van der Waals surface area contributed by atoms with Gasteiger partial charge in [-0.1, -0.05) is 63.2 Å². The van der Waals surface area contributed by atoms with Gasteiger partial charge < -0.3 is 4.98 Å². The first kappa shape index (κ1) is 16.3. The van der Waals surface area contributed by atoms with Crippen LogP contribution in [0.5, 0.6) is 0 Å². The molecule has 0 atom stereocenters. The Hall–Kier alpha value is -3.14. The van der Waals surface area contributed by atoms with E-state index in [0.717, 1.165) is 32.9 Å². The molecule has 0 aliphatic carbocycles. The Kier molecular flexibility index (Phi) is 3.58. The van der Waals surface area contributed by atoms with Crippen LogP contribution in [0.2, 0.25) is 0 Å². The van der Waals surface area contributed by atoms with Gasteiger partial charge in [-0.05, 0) is 23.1 Å². The van der Waals surface area contributed by atoms with Crippen molar-refractivity contribution in [2.24, 2.45) is 0 Å². The summed E-state index contributed by atoms with van der Waals surface area (Å²) in [6.45, 7) is 6.34. The third-order valence-electron chi connectivity index (χ3n) is 4.89. The Morgan fingerprint density at radius 2 is 1.62 bits per heavy atom. The average Bonchev–Trinajstić information content (AvgIpc) is 2.99. The minimum absolute atomic E-state index is 0.0851. The SMILES string of the molecule is CC(C)(C)c1ccc([N+](=O)[O-])c(-c2cccc3c2[nH]c2ccccc23)c1. The first-order valence-corrected chi connectivity index (χ1v) is 8.65. The number of para-hydroxylation sites is 2. The van der Waals surface area contributed by atoms with Crippen LogP contribution in [0.15, 0.2) is 60.7 Å². The van der Waals surface area contributed by atoms with Gasteiger partial charge in [0.2, 0.25) is 0 Å². The lowest BCUT2D eigenvalue weighted by atomic mass is 9.85. The van der Waals surface area contributed by atoms with Crippen molar-refractivity contribution < 1.29 is 4.92 Å². The normalized spacial score (nSPS) is 12.0. The number of aromatic nitrogens is 1. The van der Waals surface area contributed by atoms with E-state index < -0.39 is 0 Å². The highest BCUT2D eigenvalue weighted by Gasteiger charge is 2.22. The highest BCUT2D eigenvalue weighted by Crippen LogP contribution is 2.39. The van der Waals surface area contributed by atoms with Crippen LogP contribution in [-0.4, -0.2) is 9.91 Å². The predicted octanol–water partition coefficient (Wildman–Crippen LogP) is 6.19. The number of H-pyrrole nitrogens is 1. The largest absolute Gasteiger partial charge is 0.354 e. The molecule has 0 aliphatic heterocycles. The summed E-state index contributed by atoms with van der Waals surface area (Å²) in [5.74, 6) is 0. The van der Waals surface area contributed by atoms with E-state index in [2.05, 4.69) is 37.9 Å².